The molecule has 2 aromatic carbocycles. The van der Waals surface area contributed by atoms with Crippen LogP contribution in [0.3, 0.4) is 0 Å². The Kier molecular flexibility index (Phi) is 14.6. The molecule has 2 heterocycles. The Morgan fingerprint density at radius 2 is 1.75 bits per heavy atom. The Balaban J connectivity index is 1.20. The van der Waals surface area contributed by atoms with E-state index in [1.54, 1.807) is 11.3 Å². The van der Waals surface area contributed by atoms with Gasteiger partial charge in [-0.25, -0.2) is 4.98 Å². The van der Waals surface area contributed by atoms with Crippen LogP contribution in [0.4, 0.5) is 0 Å². The topological polar surface area (TPSA) is 147 Å². The summed E-state index contributed by atoms with van der Waals surface area (Å²) >= 11 is 1.58. The zero-order valence-electron chi connectivity index (χ0n) is 30.4. The van der Waals surface area contributed by atoms with Crippen molar-refractivity contribution < 1.29 is 33.8 Å². The molecular weight excluding hydrogens is 669 g/mol. The molecule has 11 nitrogen and oxygen atoms in total. The summed E-state index contributed by atoms with van der Waals surface area (Å²) in [4.78, 5) is 58.6. The zero-order chi connectivity index (χ0) is 37.0. The van der Waals surface area contributed by atoms with Gasteiger partial charge in [0, 0.05) is 25.9 Å². The summed E-state index contributed by atoms with van der Waals surface area (Å²) in [5.74, 6) is -0.489. The van der Waals surface area contributed by atoms with Crippen molar-refractivity contribution in [1.29, 1.82) is 0 Å². The number of aryl methyl sites for hydroxylation is 1. The number of nitrogens with zero attached hydrogens (tertiary/aromatic N) is 2. The van der Waals surface area contributed by atoms with E-state index in [-0.39, 0.29) is 56.0 Å². The summed E-state index contributed by atoms with van der Waals surface area (Å²) in [6, 6.07) is 13.7. The zero-order valence-corrected chi connectivity index (χ0v) is 31.2. The van der Waals surface area contributed by atoms with E-state index in [2.05, 4.69) is 15.6 Å². The number of aromatic nitrogens is 1. The lowest BCUT2D eigenvalue weighted by Crippen LogP contribution is -2.57. The summed E-state index contributed by atoms with van der Waals surface area (Å²) in [7, 11) is 1.37. The Bertz CT molecular complexity index is 1620. The highest BCUT2D eigenvalue weighted by atomic mass is 32.1. The highest BCUT2D eigenvalue weighted by Crippen LogP contribution is 2.28. The van der Waals surface area contributed by atoms with Gasteiger partial charge in [0.15, 0.2) is 0 Å². The van der Waals surface area contributed by atoms with Gasteiger partial charge in [-0.15, -0.1) is 11.3 Å². The van der Waals surface area contributed by atoms with E-state index in [4.69, 9.17) is 9.47 Å². The van der Waals surface area contributed by atoms with Crippen LogP contribution in [0.1, 0.15) is 82.5 Å². The molecule has 12 heteroatoms. The molecular formula is C39H52N4O7S. The number of aliphatic hydroxyl groups excluding tert-OH is 1. The molecule has 4 rings (SSSR count). The molecule has 276 valence electrons. The predicted molar refractivity (Wildman–Crippen MR) is 197 cm³/mol. The van der Waals surface area contributed by atoms with E-state index < -0.39 is 23.6 Å². The molecule has 3 aromatic rings. The van der Waals surface area contributed by atoms with Crippen LogP contribution in [0.5, 0.6) is 5.75 Å². The van der Waals surface area contributed by atoms with Crippen molar-refractivity contribution in [3.05, 3.63) is 70.9 Å². The third-order valence-electron chi connectivity index (χ3n) is 9.00. The van der Waals surface area contributed by atoms with E-state index in [1.807, 2.05) is 81.7 Å². The Morgan fingerprint density at radius 1 is 1.02 bits per heavy atom. The van der Waals surface area contributed by atoms with Gasteiger partial charge in [0.05, 0.1) is 42.3 Å². The van der Waals surface area contributed by atoms with Gasteiger partial charge in [0.25, 0.3) is 0 Å². The predicted octanol–water partition coefficient (Wildman–Crippen LogP) is 5.36. The first-order chi connectivity index (χ1) is 24.3. The lowest BCUT2D eigenvalue weighted by molar-refractivity contribution is -0.144. The van der Waals surface area contributed by atoms with Crippen LogP contribution in [-0.2, 0) is 36.9 Å². The standard InChI is InChI=1S/C39H52N4O7S/c1-26-35(51-25-41-26)29-17-15-27(16-18-29)23-40-37(47)32-22-30(44)24-43(32)38(48)36(39(2,3)4)42-33(45)14-9-7-6-8-10-19-50-31-13-11-12-28(20-31)21-34(46)49-5/h11-13,15-18,20,25,30,32,36,44H,6-10,14,19,21-24H2,1-5H3,(H,40,47)(H,42,45)/t30-,32+,36-/m1/s1. The van der Waals surface area contributed by atoms with Gasteiger partial charge in [0.1, 0.15) is 17.8 Å². The minimum absolute atomic E-state index is 0.0326. The van der Waals surface area contributed by atoms with Gasteiger partial charge in [-0.05, 0) is 54.0 Å². The van der Waals surface area contributed by atoms with Gasteiger partial charge in [-0.3, -0.25) is 19.2 Å². The third-order valence-corrected chi connectivity index (χ3v) is 9.98. The molecule has 0 radical (unpaired) electrons. The molecule has 3 atom stereocenters. The number of likely N-dealkylation sites (tertiary alicyclic amines) is 1. The fourth-order valence-electron chi connectivity index (χ4n) is 6.11. The third kappa shape index (κ3) is 11.9. The molecule has 3 amide bonds. The van der Waals surface area contributed by atoms with Crippen LogP contribution in [0.15, 0.2) is 54.0 Å². The van der Waals surface area contributed by atoms with Crippen LogP contribution < -0.4 is 15.4 Å². The van der Waals surface area contributed by atoms with Gasteiger partial charge in [0.2, 0.25) is 17.7 Å². The number of esters is 1. The molecule has 51 heavy (non-hydrogen) atoms. The summed E-state index contributed by atoms with van der Waals surface area (Å²) in [5.41, 5.74) is 5.00. The first-order valence-corrected chi connectivity index (χ1v) is 18.6. The number of rotatable bonds is 17. The number of methoxy groups -OCH3 is 1. The maximum atomic E-state index is 13.9. The second-order valence-corrected chi connectivity index (χ2v) is 15.1. The van der Waals surface area contributed by atoms with Gasteiger partial charge >= 0.3 is 5.97 Å². The van der Waals surface area contributed by atoms with Crippen molar-refractivity contribution in [2.45, 2.75) is 104 Å². The van der Waals surface area contributed by atoms with Crippen molar-refractivity contribution in [2.24, 2.45) is 5.41 Å². The molecule has 1 fully saturated rings. The quantitative estimate of drug-likeness (QED) is 0.125. The number of aliphatic hydroxyl groups is 1. The van der Waals surface area contributed by atoms with Gasteiger partial charge in [-0.1, -0.05) is 76.4 Å². The highest BCUT2D eigenvalue weighted by molar-refractivity contribution is 7.13. The molecule has 0 bridgehead atoms. The van der Waals surface area contributed by atoms with Crippen LogP contribution >= 0.6 is 11.3 Å². The van der Waals surface area contributed by atoms with Crippen LogP contribution in [0, 0.1) is 12.3 Å². The molecule has 0 spiro atoms. The maximum Gasteiger partial charge on any atom is 0.309 e. The Labute approximate surface area is 305 Å². The number of hydrogen-bond acceptors (Lipinski definition) is 9. The Morgan fingerprint density at radius 3 is 2.43 bits per heavy atom. The fourth-order valence-corrected chi connectivity index (χ4v) is 6.92. The van der Waals surface area contributed by atoms with E-state index in [0.717, 1.165) is 58.7 Å². The number of ether oxygens (including phenoxy) is 2. The van der Waals surface area contributed by atoms with Crippen LogP contribution in [0.2, 0.25) is 0 Å². The molecule has 0 unspecified atom stereocenters. The normalized spacial score (nSPS) is 16.4. The van der Waals surface area contributed by atoms with Crippen molar-refractivity contribution in [3.8, 4) is 16.2 Å². The molecule has 3 N–H and O–H groups in total. The minimum Gasteiger partial charge on any atom is -0.494 e. The van der Waals surface area contributed by atoms with Crippen molar-refractivity contribution >= 4 is 35.0 Å². The van der Waals surface area contributed by atoms with Crippen molar-refractivity contribution in [1.82, 2.24) is 20.5 Å². The summed E-state index contributed by atoms with van der Waals surface area (Å²) in [6.07, 6.45) is 4.11. The number of benzene rings is 2. The molecule has 1 saturated heterocycles. The summed E-state index contributed by atoms with van der Waals surface area (Å²) in [5, 5.41) is 16.4. The molecule has 1 aliphatic heterocycles. The van der Waals surface area contributed by atoms with Crippen molar-refractivity contribution in [2.75, 3.05) is 20.3 Å². The van der Waals surface area contributed by atoms with E-state index >= 15 is 0 Å². The van der Waals surface area contributed by atoms with Gasteiger partial charge < -0.3 is 30.1 Å². The SMILES string of the molecule is COC(=O)Cc1cccc(OCCCCCCCC(=O)N[C@H](C(=O)N2C[C@H](O)C[C@H]2C(=O)NCc2ccc(-c3scnc3C)cc2)C(C)(C)C)c1. The number of carbonyl (C=O) groups is 4. The molecule has 0 aliphatic carbocycles. The first kappa shape index (κ1) is 39.5. The average molecular weight is 721 g/mol. The highest BCUT2D eigenvalue weighted by Gasteiger charge is 2.44. The minimum atomic E-state index is -0.850. The summed E-state index contributed by atoms with van der Waals surface area (Å²) < 4.78 is 10.6. The van der Waals surface area contributed by atoms with E-state index in [0.29, 0.717) is 13.0 Å². The van der Waals surface area contributed by atoms with Crippen LogP contribution in [0.25, 0.3) is 10.4 Å². The largest absolute Gasteiger partial charge is 0.494 e. The number of hydrogen-bond donors (Lipinski definition) is 3. The first-order valence-electron chi connectivity index (χ1n) is 17.7. The number of unbranched alkanes of at least 4 members (excludes halogenated alkanes) is 4. The van der Waals surface area contributed by atoms with Crippen LogP contribution in [-0.4, -0.2) is 77.1 Å². The second kappa shape index (κ2) is 18.8. The van der Waals surface area contributed by atoms with Gasteiger partial charge in [-0.2, -0.15) is 0 Å². The number of thiazole rings is 1. The molecule has 1 aliphatic rings. The van der Waals surface area contributed by atoms with E-state index in [1.165, 1.54) is 12.0 Å². The molecule has 1 aromatic heterocycles. The fraction of sp³-hybridized carbons (Fsp3) is 0.513. The smallest absolute Gasteiger partial charge is 0.309 e. The lowest BCUT2D eigenvalue weighted by Gasteiger charge is -2.35. The molecule has 0 saturated carbocycles. The second-order valence-electron chi connectivity index (χ2n) is 14.2. The number of nitrogens with one attached hydrogen (secondary N) is 2. The van der Waals surface area contributed by atoms with E-state index in [9.17, 15) is 24.3 Å². The Hall–Kier alpha value is -4.29. The number of amides is 3. The average Bonchev–Trinajstić information content (AvgIpc) is 3.72. The van der Waals surface area contributed by atoms with Crippen molar-refractivity contribution in [3.63, 3.8) is 0 Å². The maximum absolute atomic E-state index is 13.9. The summed E-state index contributed by atoms with van der Waals surface area (Å²) in [6.45, 7) is 8.49. The number of β-amino-alcohol motifs (C(OH)–C–C–N with tert-alkyl or cyclic N) is 1. The monoisotopic (exact) mass is 720 g/mol. The lowest BCUT2D eigenvalue weighted by atomic mass is 9.85. The number of carbonyl (C=O) groups excluding carboxylic acids is 4.